The van der Waals surface area contributed by atoms with Crippen LogP contribution in [0.25, 0.3) is 26.9 Å². The number of carbonyl (C=O) groups is 1. The topological polar surface area (TPSA) is 42.0 Å². The second-order valence-electron chi connectivity index (χ2n) is 5.91. The summed E-state index contributed by atoms with van der Waals surface area (Å²) in [7, 11) is 0. The number of benzene rings is 3. The van der Waals surface area contributed by atoms with E-state index in [0.717, 1.165) is 26.4 Å². The van der Waals surface area contributed by atoms with Gasteiger partial charge < -0.3 is 5.32 Å². The minimum Gasteiger partial charge on any atom is -0.322 e. The molecular weight excluding hydrogens is 376 g/mol. The molecule has 0 radical (unpaired) electrons. The molecule has 0 atom stereocenters. The first-order valence-electron chi connectivity index (χ1n) is 8.39. The number of fused-ring (bicyclic) bond motifs is 1. The number of nitrogens with zero attached hydrogens (tertiary/aromatic N) is 1. The van der Waals surface area contributed by atoms with Gasteiger partial charge in [0, 0.05) is 17.3 Å². The number of para-hydroxylation sites is 1. The third-order valence-electron chi connectivity index (χ3n) is 3.99. The summed E-state index contributed by atoms with van der Waals surface area (Å²) >= 11 is 8.04. The number of halogens is 1. The number of nitrogens with one attached hydrogen (secondary N) is 1. The summed E-state index contributed by atoms with van der Waals surface area (Å²) in [4.78, 5) is 16.8. The second-order valence-corrected chi connectivity index (χ2v) is 7.35. The van der Waals surface area contributed by atoms with Crippen LogP contribution in [0.1, 0.15) is 5.56 Å². The first kappa shape index (κ1) is 17.5. The molecule has 0 aliphatic carbocycles. The Balaban J connectivity index is 1.51. The highest BCUT2D eigenvalue weighted by Gasteiger charge is 2.10. The Kier molecular flexibility index (Phi) is 5.01. The van der Waals surface area contributed by atoms with Gasteiger partial charge in [-0.3, -0.25) is 4.79 Å². The highest BCUT2D eigenvalue weighted by atomic mass is 35.5. The van der Waals surface area contributed by atoms with Gasteiger partial charge in [0.05, 0.1) is 15.2 Å². The van der Waals surface area contributed by atoms with E-state index in [1.807, 2.05) is 66.7 Å². The van der Waals surface area contributed by atoms with Gasteiger partial charge in [0.15, 0.2) is 0 Å². The first-order valence-corrected chi connectivity index (χ1v) is 9.58. The molecule has 3 nitrogen and oxygen atoms in total. The summed E-state index contributed by atoms with van der Waals surface area (Å²) < 4.78 is 1.12. The minimum atomic E-state index is -0.206. The maximum Gasteiger partial charge on any atom is 0.248 e. The molecule has 4 rings (SSSR count). The predicted octanol–water partition coefficient (Wildman–Crippen LogP) is 6.27. The van der Waals surface area contributed by atoms with Gasteiger partial charge in [-0.1, -0.05) is 54.1 Å². The number of amides is 1. The molecule has 0 bridgehead atoms. The molecule has 0 unspecified atom stereocenters. The fourth-order valence-electron chi connectivity index (χ4n) is 2.67. The van der Waals surface area contributed by atoms with E-state index in [1.54, 1.807) is 23.5 Å². The van der Waals surface area contributed by atoms with Crippen molar-refractivity contribution in [2.75, 3.05) is 5.32 Å². The predicted molar refractivity (Wildman–Crippen MR) is 114 cm³/mol. The van der Waals surface area contributed by atoms with Crippen LogP contribution < -0.4 is 5.32 Å². The normalized spacial score (nSPS) is 11.1. The van der Waals surface area contributed by atoms with Crippen molar-refractivity contribution in [1.82, 2.24) is 4.98 Å². The Labute approximate surface area is 166 Å². The number of aromatic nitrogens is 1. The van der Waals surface area contributed by atoms with Gasteiger partial charge in [-0.25, -0.2) is 4.98 Å². The lowest BCUT2D eigenvalue weighted by atomic mass is 10.2. The summed E-state index contributed by atoms with van der Waals surface area (Å²) in [6, 6.07) is 23.1. The minimum absolute atomic E-state index is 0.206. The van der Waals surface area contributed by atoms with Crippen molar-refractivity contribution in [2.24, 2.45) is 0 Å². The Morgan fingerprint density at radius 3 is 2.56 bits per heavy atom. The second kappa shape index (κ2) is 7.74. The summed E-state index contributed by atoms with van der Waals surface area (Å²) in [6.07, 6.45) is 3.27. The molecule has 27 heavy (non-hydrogen) atoms. The molecule has 1 heterocycles. The van der Waals surface area contributed by atoms with Gasteiger partial charge in [-0.2, -0.15) is 0 Å². The number of anilines is 1. The average Bonchev–Trinajstić information content (AvgIpc) is 3.11. The van der Waals surface area contributed by atoms with Gasteiger partial charge in [0.25, 0.3) is 0 Å². The third kappa shape index (κ3) is 4.08. The van der Waals surface area contributed by atoms with Crippen LogP contribution in [-0.2, 0) is 4.79 Å². The smallest absolute Gasteiger partial charge is 0.248 e. The van der Waals surface area contributed by atoms with Crippen LogP contribution >= 0.6 is 22.9 Å². The number of hydrogen-bond donors (Lipinski definition) is 1. The molecule has 1 amide bonds. The SMILES string of the molecule is O=C(/C=C/c1ccccc1)Nc1ccc(-c2nc3ccccc3s2)c(Cl)c1. The van der Waals surface area contributed by atoms with Gasteiger partial charge in [-0.05, 0) is 42.0 Å². The highest BCUT2D eigenvalue weighted by Crippen LogP contribution is 2.35. The number of rotatable bonds is 4. The number of thiazole rings is 1. The molecule has 1 aromatic heterocycles. The quantitative estimate of drug-likeness (QED) is 0.417. The van der Waals surface area contributed by atoms with Gasteiger partial charge >= 0.3 is 0 Å². The van der Waals surface area contributed by atoms with Crippen molar-refractivity contribution in [3.05, 3.63) is 89.5 Å². The molecule has 132 valence electrons. The monoisotopic (exact) mass is 390 g/mol. The number of carbonyl (C=O) groups excluding carboxylic acids is 1. The van der Waals surface area contributed by atoms with Crippen molar-refractivity contribution < 1.29 is 4.79 Å². The molecule has 0 saturated heterocycles. The zero-order valence-corrected chi connectivity index (χ0v) is 15.8. The van der Waals surface area contributed by atoms with Crippen LogP contribution in [0.5, 0.6) is 0 Å². The summed E-state index contributed by atoms with van der Waals surface area (Å²) in [6.45, 7) is 0. The lowest BCUT2D eigenvalue weighted by Crippen LogP contribution is -2.07. The summed E-state index contributed by atoms with van der Waals surface area (Å²) in [5, 5.41) is 4.25. The van der Waals surface area contributed by atoms with Crippen molar-refractivity contribution in [1.29, 1.82) is 0 Å². The largest absolute Gasteiger partial charge is 0.322 e. The highest BCUT2D eigenvalue weighted by molar-refractivity contribution is 7.21. The maximum atomic E-state index is 12.1. The molecule has 0 aliphatic heterocycles. The molecule has 0 aliphatic rings. The first-order chi connectivity index (χ1) is 13.2. The molecule has 0 spiro atoms. The van der Waals surface area contributed by atoms with E-state index in [9.17, 15) is 4.79 Å². The standard InChI is InChI=1S/C22H15ClN2OS/c23-18-14-16(24-21(26)13-10-15-6-2-1-3-7-15)11-12-17(18)22-25-19-8-4-5-9-20(19)27-22/h1-14H,(H,24,26)/b13-10+. The van der Waals surface area contributed by atoms with Crippen LogP contribution in [0.4, 0.5) is 5.69 Å². The third-order valence-corrected chi connectivity index (χ3v) is 5.37. The average molecular weight is 391 g/mol. The van der Waals surface area contributed by atoms with Crippen molar-refractivity contribution >= 4 is 50.8 Å². The Morgan fingerprint density at radius 1 is 1.00 bits per heavy atom. The van der Waals surface area contributed by atoms with Crippen molar-refractivity contribution in [3.63, 3.8) is 0 Å². The molecule has 0 fully saturated rings. The van der Waals surface area contributed by atoms with E-state index in [1.165, 1.54) is 6.08 Å². The summed E-state index contributed by atoms with van der Waals surface area (Å²) in [5.41, 5.74) is 3.43. The van der Waals surface area contributed by atoms with Crippen LogP contribution in [-0.4, -0.2) is 10.9 Å². The molecule has 3 aromatic carbocycles. The maximum absolute atomic E-state index is 12.1. The van der Waals surface area contributed by atoms with E-state index in [2.05, 4.69) is 10.3 Å². The van der Waals surface area contributed by atoms with Crippen LogP contribution in [0.3, 0.4) is 0 Å². The molecule has 4 aromatic rings. The van der Waals surface area contributed by atoms with Gasteiger partial charge in [-0.15, -0.1) is 11.3 Å². The molecule has 0 saturated carbocycles. The van der Waals surface area contributed by atoms with Gasteiger partial charge in [0.2, 0.25) is 5.91 Å². The van der Waals surface area contributed by atoms with E-state index >= 15 is 0 Å². The van der Waals surface area contributed by atoms with Crippen LogP contribution in [0.2, 0.25) is 5.02 Å². The Bertz CT molecular complexity index is 1100. The molecule has 5 heteroatoms. The molecular formula is C22H15ClN2OS. The number of hydrogen-bond acceptors (Lipinski definition) is 3. The fourth-order valence-corrected chi connectivity index (χ4v) is 4.00. The van der Waals surface area contributed by atoms with E-state index in [-0.39, 0.29) is 5.91 Å². The zero-order valence-electron chi connectivity index (χ0n) is 14.2. The summed E-state index contributed by atoms with van der Waals surface area (Å²) in [5.74, 6) is -0.206. The lowest BCUT2D eigenvalue weighted by Gasteiger charge is -2.06. The van der Waals surface area contributed by atoms with E-state index in [4.69, 9.17) is 11.6 Å². The lowest BCUT2D eigenvalue weighted by molar-refractivity contribution is -0.111. The fraction of sp³-hybridized carbons (Fsp3) is 0. The van der Waals surface area contributed by atoms with E-state index in [0.29, 0.717) is 10.7 Å². The van der Waals surface area contributed by atoms with Crippen LogP contribution in [0, 0.1) is 0 Å². The van der Waals surface area contributed by atoms with Crippen molar-refractivity contribution in [3.8, 4) is 10.6 Å². The van der Waals surface area contributed by atoms with Gasteiger partial charge in [0.1, 0.15) is 5.01 Å². The van der Waals surface area contributed by atoms with E-state index < -0.39 is 0 Å². The van der Waals surface area contributed by atoms with Crippen LogP contribution in [0.15, 0.2) is 78.9 Å². The Morgan fingerprint density at radius 2 is 1.78 bits per heavy atom. The Hall–Kier alpha value is -2.95. The van der Waals surface area contributed by atoms with Crippen molar-refractivity contribution in [2.45, 2.75) is 0 Å². The zero-order chi connectivity index (χ0) is 18.6. The molecule has 1 N–H and O–H groups in total.